The number of nitrogens with zero attached hydrogens (tertiary/aromatic N) is 1. The minimum atomic E-state index is 0.0996. The van der Waals surface area contributed by atoms with Crippen LogP contribution in [0, 0.1) is 0 Å². The average Bonchev–Trinajstić information content (AvgIpc) is 2.83. The molecule has 5 heteroatoms. The van der Waals surface area contributed by atoms with Gasteiger partial charge in [0.1, 0.15) is 12.2 Å². The Morgan fingerprint density at radius 1 is 1.30 bits per heavy atom. The first-order valence-electron chi connectivity index (χ1n) is 6.89. The summed E-state index contributed by atoms with van der Waals surface area (Å²) in [7, 11) is 3.44. The third-order valence-corrected chi connectivity index (χ3v) is 4.12. The predicted molar refractivity (Wildman–Crippen MR) is 82.6 cm³/mol. The van der Waals surface area contributed by atoms with Crippen LogP contribution >= 0.6 is 11.6 Å². The summed E-state index contributed by atoms with van der Waals surface area (Å²) in [6.45, 7) is 3.62. The van der Waals surface area contributed by atoms with Crippen LogP contribution in [0.2, 0.25) is 5.02 Å². The van der Waals surface area contributed by atoms with E-state index in [2.05, 4.69) is 17.0 Å². The smallest absolute Gasteiger partial charge is 0.102 e. The molecule has 0 aliphatic carbocycles. The zero-order valence-corrected chi connectivity index (χ0v) is 13.1. The molecule has 1 aliphatic rings. The minimum Gasteiger partial charge on any atom is -0.377 e. The molecule has 20 heavy (non-hydrogen) atoms. The summed E-state index contributed by atoms with van der Waals surface area (Å²) < 4.78 is 10.9. The second-order valence-electron chi connectivity index (χ2n) is 5.41. The van der Waals surface area contributed by atoms with E-state index in [-0.39, 0.29) is 18.2 Å². The molecule has 0 bridgehead atoms. The van der Waals surface area contributed by atoms with Crippen LogP contribution < -0.4 is 10.6 Å². The Kier molecular flexibility index (Phi) is 5.27. The quantitative estimate of drug-likeness (QED) is 0.904. The van der Waals surface area contributed by atoms with Crippen LogP contribution in [0.1, 0.15) is 12.5 Å². The van der Waals surface area contributed by atoms with E-state index in [9.17, 15) is 0 Å². The molecule has 0 amide bonds. The molecule has 0 spiro atoms. The standard InChI is InChI=1S/C15H23ClN2O2/c1-10(17)6-11-4-5-12(7-13(11)16)18-8-14(19-2)15(9-18)20-3/h4-5,7,10,14-15H,6,8-9,17H2,1-3H3. The molecule has 1 saturated heterocycles. The van der Waals surface area contributed by atoms with Crippen LogP contribution in [-0.4, -0.2) is 45.6 Å². The van der Waals surface area contributed by atoms with Crippen LogP contribution in [0.3, 0.4) is 0 Å². The molecule has 4 nitrogen and oxygen atoms in total. The third-order valence-electron chi connectivity index (χ3n) is 3.76. The van der Waals surface area contributed by atoms with Crippen LogP contribution in [0.5, 0.6) is 0 Å². The molecule has 3 atom stereocenters. The summed E-state index contributed by atoms with van der Waals surface area (Å²) in [6, 6.07) is 6.27. The van der Waals surface area contributed by atoms with Crippen LogP contribution in [0.15, 0.2) is 18.2 Å². The van der Waals surface area contributed by atoms with E-state index in [1.165, 1.54) is 0 Å². The molecular weight excluding hydrogens is 276 g/mol. The van der Waals surface area contributed by atoms with Gasteiger partial charge < -0.3 is 20.1 Å². The van der Waals surface area contributed by atoms with E-state index >= 15 is 0 Å². The van der Waals surface area contributed by atoms with Crippen molar-refractivity contribution in [2.45, 2.75) is 31.6 Å². The number of hydrogen-bond acceptors (Lipinski definition) is 4. The fourth-order valence-corrected chi connectivity index (χ4v) is 2.90. The molecule has 1 aliphatic heterocycles. The lowest BCUT2D eigenvalue weighted by Crippen LogP contribution is -2.27. The molecule has 0 radical (unpaired) electrons. The minimum absolute atomic E-state index is 0.0996. The normalized spacial score (nSPS) is 24.1. The summed E-state index contributed by atoms with van der Waals surface area (Å²) in [6.07, 6.45) is 0.991. The summed E-state index contributed by atoms with van der Waals surface area (Å²) in [5.74, 6) is 0. The third kappa shape index (κ3) is 3.44. The molecule has 2 N–H and O–H groups in total. The summed E-state index contributed by atoms with van der Waals surface area (Å²) in [4.78, 5) is 2.24. The highest BCUT2D eigenvalue weighted by Gasteiger charge is 2.33. The fraction of sp³-hybridized carbons (Fsp3) is 0.600. The van der Waals surface area contributed by atoms with Gasteiger partial charge in [0.05, 0.1) is 0 Å². The van der Waals surface area contributed by atoms with Gasteiger partial charge in [0.15, 0.2) is 0 Å². The lowest BCUT2D eigenvalue weighted by atomic mass is 10.1. The van der Waals surface area contributed by atoms with Crippen molar-refractivity contribution < 1.29 is 9.47 Å². The summed E-state index contributed by atoms with van der Waals surface area (Å²) >= 11 is 6.35. The first kappa shape index (κ1) is 15.6. The molecule has 112 valence electrons. The second kappa shape index (κ2) is 6.76. The highest BCUT2D eigenvalue weighted by molar-refractivity contribution is 6.31. The largest absolute Gasteiger partial charge is 0.377 e. The molecule has 0 aromatic heterocycles. The Morgan fingerprint density at radius 3 is 2.35 bits per heavy atom. The topological polar surface area (TPSA) is 47.7 Å². The van der Waals surface area contributed by atoms with Gasteiger partial charge in [-0.2, -0.15) is 0 Å². The molecule has 1 aromatic rings. The molecule has 2 rings (SSSR count). The van der Waals surface area contributed by atoms with Crippen molar-refractivity contribution in [3.05, 3.63) is 28.8 Å². The Balaban J connectivity index is 2.12. The Labute approximate surface area is 125 Å². The van der Waals surface area contributed by atoms with Gasteiger partial charge in [0.2, 0.25) is 0 Å². The number of halogens is 1. The van der Waals surface area contributed by atoms with Gasteiger partial charge in [-0.1, -0.05) is 17.7 Å². The maximum atomic E-state index is 6.35. The Bertz CT molecular complexity index is 441. The van der Waals surface area contributed by atoms with Crippen molar-refractivity contribution in [2.24, 2.45) is 5.73 Å². The van der Waals surface area contributed by atoms with E-state index in [1.54, 1.807) is 14.2 Å². The molecule has 1 heterocycles. The maximum Gasteiger partial charge on any atom is 0.102 e. The van der Waals surface area contributed by atoms with Gasteiger partial charge in [-0.25, -0.2) is 0 Å². The van der Waals surface area contributed by atoms with E-state index in [0.29, 0.717) is 0 Å². The highest BCUT2D eigenvalue weighted by Crippen LogP contribution is 2.28. The first-order chi connectivity index (χ1) is 9.55. The van der Waals surface area contributed by atoms with E-state index in [4.69, 9.17) is 26.8 Å². The Morgan fingerprint density at radius 2 is 1.90 bits per heavy atom. The number of ether oxygens (including phenoxy) is 2. The zero-order valence-electron chi connectivity index (χ0n) is 12.3. The average molecular weight is 299 g/mol. The maximum absolute atomic E-state index is 6.35. The summed E-state index contributed by atoms with van der Waals surface area (Å²) in [5.41, 5.74) is 8.02. The molecule has 1 fully saturated rings. The van der Waals surface area contributed by atoms with Crippen LogP contribution in [-0.2, 0) is 15.9 Å². The number of nitrogens with two attached hydrogens (primary N) is 1. The number of benzene rings is 1. The zero-order chi connectivity index (χ0) is 14.7. The van der Waals surface area contributed by atoms with Gasteiger partial charge in [-0.3, -0.25) is 0 Å². The van der Waals surface area contributed by atoms with Crippen LogP contribution in [0.25, 0.3) is 0 Å². The van der Waals surface area contributed by atoms with Crippen molar-refractivity contribution >= 4 is 17.3 Å². The van der Waals surface area contributed by atoms with E-state index < -0.39 is 0 Å². The number of anilines is 1. The molecule has 0 saturated carbocycles. The number of methoxy groups -OCH3 is 2. The summed E-state index contributed by atoms with van der Waals surface area (Å²) in [5, 5.41) is 0.773. The SMILES string of the molecule is COC1CN(c2ccc(CC(C)N)c(Cl)c2)CC1OC. The number of hydrogen-bond donors (Lipinski definition) is 1. The molecule has 3 unspecified atom stereocenters. The van der Waals surface area contributed by atoms with Crippen molar-refractivity contribution in [3.63, 3.8) is 0 Å². The van der Waals surface area contributed by atoms with Crippen molar-refractivity contribution in [3.8, 4) is 0 Å². The van der Waals surface area contributed by atoms with Crippen molar-refractivity contribution in [1.82, 2.24) is 0 Å². The van der Waals surface area contributed by atoms with Gasteiger partial charge >= 0.3 is 0 Å². The van der Waals surface area contributed by atoms with E-state index in [0.717, 1.165) is 35.8 Å². The van der Waals surface area contributed by atoms with E-state index in [1.807, 2.05) is 13.0 Å². The predicted octanol–water partition coefficient (Wildman–Crippen LogP) is 2.08. The van der Waals surface area contributed by atoms with Gasteiger partial charge in [0.25, 0.3) is 0 Å². The Hall–Kier alpha value is -0.810. The second-order valence-corrected chi connectivity index (χ2v) is 5.82. The lowest BCUT2D eigenvalue weighted by molar-refractivity contribution is -0.00461. The molecule has 1 aromatic carbocycles. The van der Waals surface area contributed by atoms with Gasteiger partial charge in [-0.05, 0) is 31.0 Å². The van der Waals surface area contributed by atoms with Crippen LogP contribution in [0.4, 0.5) is 5.69 Å². The van der Waals surface area contributed by atoms with Gasteiger partial charge in [-0.15, -0.1) is 0 Å². The fourth-order valence-electron chi connectivity index (χ4n) is 2.65. The lowest BCUT2D eigenvalue weighted by Gasteiger charge is -2.19. The number of rotatable bonds is 5. The van der Waals surface area contributed by atoms with Gasteiger partial charge in [0, 0.05) is 44.1 Å². The van der Waals surface area contributed by atoms with Crippen molar-refractivity contribution in [1.29, 1.82) is 0 Å². The monoisotopic (exact) mass is 298 g/mol. The van der Waals surface area contributed by atoms with Crippen molar-refractivity contribution in [2.75, 3.05) is 32.2 Å². The highest BCUT2D eigenvalue weighted by atomic mass is 35.5. The first-order valence-corrected chi connectivity index (χ1v) is 7.27. The molecular formula is C15H23ClN2O2.